The van der Waals surface area contributed by atoms with Gasteiger partial charge in [-0.15, -0.1) is 0 Å². The summed E-state index contributed by atoms with van der Waals surface area (Å²) in [6.07, 6.45) is 3.43. The standard InChI is InChI=1S/C14H14O4/c1-16-13-4-3-11(8-14(13)17-2)12(15)7-10-5-6-18-9-10/h3-6,8-9H,7H2,1-2H3. The fourth-order valence-corrected chi connectivity index (χ4v) is 1.69. The second-order valence-corrected chi connectivity index (χ2v) is 3.80. The van der Waals surface area contributed by atoms with Crippen molar-refractivity contribution in [2.24, 2.45) is 0 Å². The fourth-order valence-electron chi connectivity index (χ4n) is 1.69. The average molecular weight is 246 g/mol. The highest BCUT2D eigenvalue weighted by Gasteiger charge is 2.11. The fraction of sp³-hybridized carbons (Fsp3) is 0.214. The van der Waals surface area contributed by atoms with Gasteiger partial charge in [-0.25, -0.2) is 0 Å². The van der Waals surface area contributed by atoms with Crippen molar-refractivity contribution in [2.75, 3.05) is 14.2 Å². The third-order valence-corrected chi connectivity index (χ3v) is 2.65. The van der Waals surface area contributed by atoms with Crippen molar-refractivity contribution in [3.05, 3.63) is 47.9 Å². The molecule has 0 aliphatic carbocycles. The second kappa shape index (κ2) is 5.40. The molecule has 18 heavy (non-hydrogen) atoms. The number of benzene rings is 1. The lowest BCUT2D eigenvalue weighted by molar-refractivity contribution is 0.0992. The van der Waals surface area contributed by atoms with Crippen LogP contribution in [0.5, 0.6) is 11.5 Å². The predicted molar refractivity (Wildman–Crippen MR) is 66.3 cm³/mol. The molecule has 0 spiro atoms. The van der Waals surface area contributed by atoms with E-state index in [2.05, 4.69) is 0 Å². The minimum absolute atomic E-state index is 0.0114. The van der Waals surface area contributed by atoms with Crippen LogP contribution in [0.25, 0.3) is 0 Å². The largest absolute Gasteiger partial charge is 0.493 e. The Labute approximate surface area is 105 Å². The van der Waals surface area contributed by atoms with Crippen LogP contribution in [0.1, 0.15) is 15.9 Å². The molecule has 0 radical (unpaired) electrons. The number of ether oxygens (including phenoxy) is 2. The van der Waals surface area contributed by atoms with Crippen LogP contribution < -0.4 is 9.47 Å². The molecule has 1 aromatic carbocycles. The Bertz CT molecular complexity index is 529. The minimum Gasteiger partial charge on any atom is -0.493 e. The lowest BCUT2D eigenvalue weighted by atomic mass is 10.0. The number of ketones is 1. The molecule has 0 bridgehead atoms. The van der Waals surface area contributed by atoms with Gasteiger partial charge in [-0.1, -0.05) is 0 Å². The molecule has 0 unspecified atom stereocenters. The molecule has 1 heterocycles. The van der Waals surface area contributed by atoms with Crippen LogP contribution in [0, 0.1) is 0 Å². The van der Waals surface area contributed by atoms with Gasteiger partial charge in [0.2, 0.25) is 0 Å². The first-order valence-electron chi connectivity index (χ1n) is 5.51. The molecule has 0 aliphatic rings. The number of hydrogen-bond donors (Lipinski definition) is 0. The Hall–Kier alpha value is -2.23. The lowest BCUT2D eigenvalue weighted by Crippen LogP contribution is -2.03. The topological polar surface area (TPSA) is 48.7 Å². The molecule has 0 aliphatic heterocycles. The van der Waals surface area contributed by atoms with E-state index in [-0.39, 0.29) is 5.78 Å². The van der Waals surface area contributed by atoms with Gasteiger partial charge in [0.15, 0.2) is 17.3 Å². The maximum atomic E-state index is 12.0. The van der Waals surface area contributed by atoms with E-state index in [4.69, 9.17) is 13.9 Å². The van der Waals surface area contributed by atoms with Gasteiger partial charge < -0.3 is 13.9 Å². The van der Waals surface area contributed by atoms with Gasteiger partial charge in [0.1, 0.15) is 0 Å². The summed E-state index contributed by atoms with van der Waals surface area (Å²) in [6, 6.07) is 6.91. The summed E-state index contributed by atoms with van der Waals surface area (Å²) in [5.74, 6) is 1.17. The van der Waals surface area contributed by atoms with Crippen molar-refractivity contribution in [1.29, 1.82) is 0 Å². The van der Waals surface area contributed by atoms with E-state index >= 15 is 0 Å². The molecule has 94 valence electrons. The molecule has 0 N–H and O–H groups in total. The molecule has 1 aromatic heterocycles. The van der Waals surface area contributed by atoms with Gasteiger partial charge in [0.25, 0.3) is 0 Å². The van der Waals surface area contributed by atoms with Crippen molar-refractivity contribution in [1.82, 2.24) is 0 Å². The van der Waals surface area contributed by atoms with Crippen LogP contribution in [-0.4, -0.2) is 20.0 Å². The number of methoxy groups -OCH3 is 2. The Balaban J connectivity index is 2.20. The Morgan fingerprint density at radius 1 is 1.17 bits per heavy atom. The summed E-state index contributed by atoms with van der Waals surface area (Å²) in [5.41, 5.74) is 1.45. The Morgan fingerprint density at radius 2 is 1.94 bits per heavy atom. The van der Waals surface area contributed by atoms with E-state index in [1.165, 1.54) is 0 Å². The number of Topliss-reactive ketones (excluding diaryl/α,β-unsaturated/α-hetero) is 1. The number of carbonyl (C=O) groups is 1. The van der Waals surface area contributed by atoms with E-state index < -0.39 is 0 Å². The zero-order chi connectivity index (χ0) is 13.0. The maximum absolute atomic E-state index is 12.0. The highest BCUT2D eigenvalue weighted by Crippen LogP contribution is 2.28. The molecule has 0 atom stereocenters. The number of rotatable bonds is 5. The summed E-state index contributed by atoms with van der Waals surface area (Å²) < 4.78 is 15.2. The summed E-state index contributed by atoms with van der Waals surface area (Å²) in [6.45, 7) is 0. The van der Waals surface area contributed by atoms with Crippen molar-refractivity contribution in [3.8, 4) is 11.5 Å². The van der Waals surface area contributed by atoms with Crippen LogP contribution in [0.3, 0.4) is 0 Å². The Kier molecular flexibility index (Phi) is 3.67. The average Bonchev–Trinajstić information content (AvgIpc) is 2.90. The van der Waals surface area contributed by atoms with Crippen LogP contribution >= 0.6 is 0 Å². The molecule has 4 heteroatoms. The lowest BCUT2D eigenvalue weighted by Gasteiger charge is -2.08. The third-order valence-electron chi connectivity index (χ3n) is 2.65. The van der Waals surface area contributed by atoms with E-state index in [1.807, 2.05) is 0 Å². The number of carbonyl (C=O) groups excluding carboxylic acids is 1. The minimum atomic E-state index is 0.0114. The monoisotopic (exact) mass is 246 g/mol. The van der Waals surface area contributed by atoms with Crippen LogP contribution in [0.2, 0.25) is 0 Å². The Morgan fingerprint density at radius 3 is 2.56 bits per heavy atom. The quantitative estimate of drug-likeness (QED) is 0.761. The molecular weight excluding hydrogens is 232 g/mol. The van der Waals surface area contributed by atoms with Gasteiger partial charge >= 0.3 is 0 Å². The molecule has 0 saturated heterocycles. The van der Waals surface area contributed by atoms with Crippen molar-refractivity contribution >= 4 is 5.78 Å². The van der Waals surface area contributed by atoms with E-state index in [9.17, 15) is 4.79 Å². The zero-order valence-electron chi connectivity index (χ0n) is 10.3. The SMILES string of the molecule is COc1ccc(C(=O)Cc2ccoc2)cc1OC. The van der Waals surface area contributed by atoms with Crippen molar-refractivity contribution in [3.63, 3.8) is 0 Å². The highest BCUT2D eigenvalue weighted by molar-refractivity contribution is 5.98. The summed E-state index contributed by atoms with van der Waals surface area (Å²) in [7, 11) is 3.10. The first-order chi connectivity index (χ1) is 8.74. The van der Waals surface area contributed by atoms with E-state index in [0.717, 1.165) is 5.56 Å². The van der Waals surface area contributed by atoms with Gasteiger partial charge in [0, 0.05) is 12.0 Å². The van der Waals surface area contributed by atoms with E-state index in [0.29, 0.717) is 23.5 Å². The van der Waals surface area contributed by atoms with Crippen molar-refractivity contribution < 1.29 is 18.7 Å². The molecule has 0 amide bonds. The number of furan rings is 1. The molecule has 4 nitrogen and oxygen atoms in total. The first kappa shape index (κ1) is 12.2. The zero-order valence-corrected chi connectivity index (χ0v) is 10.3. The van der Waals surface area contributed by atoms with Gasteiger partial charge in [0.05, 0.1) is 26.7 Å². The molecular formula is C14H14O4. The molecule has 0 fully saturated rings. The summed E-state index contributed by atoms with van der Waals surface area (Å²) in [5, 5.41) is 0. The van der Waals surface area contributed by atoms with Crippen LogP contribution in [-0.2, 0) is 6.42 Å². The van der Waals surface area contributed by atoms with E-state index in [1.54, 1.807) is 51.0 Å². The normalized spacial score (nSPS) is 10.1. The first-order valence-corrected chi connectivity index (χ1v) is 5.51. The van der Waals surface area contributed by atoms with Crippen molar-refractivity contribution in [2.45, 2.75) is 6.42 Å². The maximum Gasteiger partial charge on any atom is 0.167 e. The third kappa shape index (κ3) is 2.53. The van der Waals surface area contributed by atoms with Crippen LogP contribution in [0.15, 0.2) is 41.2 Å². The second-order valence-electron chi connectivity index (χ2n) is 3.80. The van der Waals surface area contributed by atoms with Gasteiger partial charge in [-0.2, -0.15) is 0 Å². The van der Waals surface area contributed by atoms with Crippen LogP contribution in [0.4, 0.5) is 0 Å². The number of hydrogen-bond acceptors (Lipinski definition) is 4. The van der Waals surface area contributed by atoms with Gasteiger partial charge in [-0.05, 0) is 29.8 Å². The molecule has 2 aromatic rings. The molecule has 0 saturated carbocycles. The predicted octanol–water partition coefficient (Wildman–Crippen LogP) is 2.72. The summed E-state index contributed by atoms with van der Waals surface area (Å²) in [4.78, 5) is 12.0. The smallest absolute Gasteiger partial charge is 0.167 e. The molecule has 2 rings (SSSR count). The summed E-state index contributed by atoms with van der Waals surface area (Å²) >= 11 is 0. The highest BCUT2D eigenvalue weighted by atomic mass is 16.5. The van der Waals surface area contributed by atoms with Gasteiger partial charge in [-0.3, -0.25) is 4.79 Å².